The highest BCUT2D eigenvalue weighted by Gasteiger charge is 1.86. The Bertz CT molecular complexity index is 56.4. The minimum Gasteiger partial charge on any atom is -0.396 e. The van der Waals surface area contributed by atoms with Crippen molar-refractivity contribution in [2.45, 2.75) is 19.3 Å². The Labute approximate surface area is 74.8 Å². The average molecular weight is 183 g/mol. The van der Waals surface area contributed by atoms with Gasteiger partial charge in [-0.25, -0.2) is 0 Å². The number of rotatable bonds is 7. The Morgan fingerprint density at radius 1 is 1.09 bits per heavy atom. The summed E-state index contributed by atoms with van der Waals surface area (Å²) >= 11 is 0. The minimum absolute atomic E-state index is 0. The molecule has 11 heavy (non-hydrogen) atoms. The zero-order chi connectivity index (χ0) is 7.66. The molecule has 3 nitrogen and oxygen atoms in total. The van der Waals surface area contributed by atoms with Crippen LogP contribution < -0.4 is 11.1 Å². The third-order valence-corrected chi connectivity index (χ3v) is 1.33. The second-order valence-corrected chi connectivity index (χ2v) is 2.32. The van der Waals surface area contributed by atoms with Crippen LogP contribution in [0.3, 0.4) is 0 Å². The lowest BCUT2D eigenvalue weighted by atomic mass is 10.2. The highest BCUT2D eigenvalue weighted by Crippen LogP contribution is 1.90. The molecule has 0 saturated heterocycles. The molecule has 0 atom stereocenters. The third-order valence-electron chi connectivity index (χ3n) is 1.33. The molecular weight excluding hydrogens is 164 g/mol. The number of nitrogens with one attached hydrogen (secondary N) is 1. The molecule has 0 amide bonds. The van der Waals surface area contributed by atoms with E-state index in [4.69, 9.17) is 10.8 Å². The standard InChI is InChI=1S/C7H18N2O.ClH/c8-4-6-9-5-2-1-3-7-10;/h9-10H,1-8H2;1H. The molecule has 0 aromatic heterocycles. The number of halogens is 1. The van der Waals surface area contributed by atoms with E-state index in [9.17, 15) is 0 Å². The first-order valence-electron chi connectivity index (χ1n) is 3.93. The number of aliphatic hydroxyl groups is 1. The van der Waals surface area contributed by atoms with Crippen molar-refractivity contribution < 1.29 is 5.11 Å². The molecule has 0 aliphatic carbocycles. The molecular formula is C7H19ClN2O. The third kappa shape index (κ3) is 13.2. The van der Waals surface area contributed by atoms with Crippen LogP contribution in [0, 0.1) is 0 Å². The van der Waals surface area contributed by atoms with E-state index in [1.54, 1.807) is 0 Å². The van der Waals surface area contributed by atoms with Gasteiger partial charge in [0, 0.05) is 19.7 Å². The predicted octanol–water partition coefficient (Wildman–Crippen LogP) is 0.119. The maximum absolute atomic E-state index is 8.43. The summed E-state index contributed by atoms with van der Waals surface area (Å²) in [6.07, 6.45) is 3.17. The van der Waals surface area contributed by atoms with Crippen LogP contribution >= 0.6 is 12.4 Å². The quantitative estimate of drug-likeness (QED) is 0.491. The summed E-state index contributed by atoms with van der Waals surface area (Å²) in [5, 5.41) is 11.6. The van der Waals surface area contributed by atoms with Gasteiger partial charge in [-0.15, -0.1) is 12.4 Å². The summed E-state index contributed by atoms with van der Waals surface area (Å²) in [4.78, 5) is 0. The lowest BCUT2D eigenvalue weighted by Gasteiger charge is -2.00. The summed E-state index contributed by atoms with van der Waals surface area (Å²) in [6.45, 7) is 2.95. The van der Waals surface area contributed by atoms with Crippen molar-refractivity contribution in [3.63, 3.8) is 0 Å². The molecule has 0 spiro atoms. The van der Waals surface area contributed by atoms with E-state index in [0.717, 1.165) is 32.4 Å². The molecule has 4 heteroatoms. The fourth-order valence-corrected chi connectivity index (χ4v) is 0.766. The first-order valence-corrected chi connectivity index (χ1v) is 3.93. The van der Waals surface area contributed by atoms with Crippen LogP contribution in [0.15, 0.2) is 0 Å². The molecule has 0 aliphatic heterocycles. The molecule has 0 fully saturated rings. The largest absolute Gasteiger partial charge is 0.396 e. The maximum atomic E-state index is 8.43. The van der Waals surface area contributed by atoms with Crippen LogP contribution in [0.25, 0.3) is 0 Å². The zero-order valence-electron chi connectivity index (χ0n) is 6.88. The van der Waals surface area contributed by atoms with Gasteiger partial charge in [-0.05, 0) is 25.8 Å². The number of nitrogens with two attached hydrogens (primary N) is 1. The summed E-state index contributed by atoms with van der Waals surface area (Å²) < 4.78 is 0. The van der Waals surface area contributed by atoms with Crippen molar-refractivity contribution in [2.24, 2.45) is 5.73 Å². The Kier molecular flexibility index (Phi) is 16.0. The fourth-order valence-electron chi connectivity index (χ4n) is 0.766. The minimum atomic E-state index is 0. The molecule has 0 aromatic rings. The van der Waals surface area contributed by atoms with Crippen LogP contribution in [0.4, 0.5) is 0 Å². The second-order valence-electron chi connectivity index (χ2n) is 2.32. The summed E-state index contributed by atoms with van der Waals surface area (Å²) in [6, 6.07) is 0. The Hall–Kier alpha value is 0.170. The average Bonchev–Trinajstić information content (AvgIpc) is 1.97. The molecule has 0 unspecified atom stereocenters. The number of hydrogen-bond acceptors (Lipinski definition) is 3. The van der Waals surface area contributed by atoms with Crippen LogP contribution in [0.5, 0.6) is 0 Å². The van der Waals surface area contributed by atoms with Crippen molar-refractivity contribution in [1.82, 2.24) is 5.32 Å². The molecule has 70 valence electrons. The number of hydrogen-bond donors (Lipinski definition) is 3. The zero-order valence-corrected chi connectivity index (χ0v) is 7.70. The van der Waals surface area contributed by atoms with E-state index in [1.807, 2.05) is 0 Å². The molecule has 0 aromatic carbocycles. The molecule has 0 saturated carbocycles. The monoisotopic (exact) mass is 182 g/mol. The van der Waals surface area contributed by atoms with Gasteiger partial charge in [0.15, 0.2) is 0 Å². The summed E-state index contributed by atoms with van der Waals surface area (Å²) in [7, 11) is 0. The number of unbranched alkanes of at least 4 members (excludes halogenated alkanes) is 2. The van der Waals surface area contributed by atoms with Gasteiger partial charge < -0.3 is 16.2 Å². The summed E-state index contributed by atoms with van der Waals surface area (Å²) in [5.41, 5.74) is 5.27. The van der Waals surface area contributed by atoms with Gasteiger partial charge >= 0.3 is 0 Å². The van der Waals surface area contributed by atoms with Crippen molar-refractivity contribution in [3.8, 4) is 0 Å². The lowest BCUT2D eigenvalue weighted by Crippen LogP contribution is -2.23. The molecule has 0 radical (unpaired) electrons. The van der Waals surface area contributed by atoms with Crippen LogP contribution in [-0.2, 0) is 0 Å². The Morgan fingerprint density at radius 2 is 1.82 bits per heavy atom. The van der Waals surface area contributed by atoms with Crippen molar-refractivity contribution in [1.29, 1.82) is 0 Å². The highest BCUT2D eigenvalue weighted by atomic mass is 35.5. The van der Waals surface area contributed by atoms with E-state index >= 15 is 0 Å². The topological polar surface area (TPSA) is 58.3 Å². The first kappa shape index (κ1) is 13.7. The molecule has 0 heterocycles. The fraction of sp³-hybridized carbons (Fsp3) is 1.00. The lowest BCUT2D eigenvalue weighted by molar-refractivity contribution is 0.283. The van der Waals surface area contributed by atoms with Gasteiger partial charge in [0.2, 0.25) is 0 Å². The van der Waals surface area contributed by atoms with E-state index in [-0.39, 0.29) is 12.4 Å². The van der Waals surface area contributed by atoms with E-state index in [0.29, 0.717) is 13.2 Å². The first-order chi connectivity index (χ1) is 4.91. The van der Waals surface area contributed by atoms with Crippen LogP contribution in [-0.4, -0.2) is 31.3 Å². The van der Waals surface area contributed by atoms with Gasteiger partial charge in [-0.2, -0.15) is 0 Å². The molecule has 0 rings (SSSR count). The van der Waals surface area contributed by atoms with Crippen molar-refractivity contribution in [2.75, 3.05) is 26.2 Å². The molecule has 0 bridgehead atoms. The Morgan fingerprint density at radius 3 is 2.36 bits per heavy atom. The van der Waals surface area contributed by atoms with E-state index in [1.165, 1.54) is 0 Å². The van der Waals surface area contributed by atoms with Crippen molar-refractivity contribution in [3.05, 3.63) is 0 Å². The summed E-state index contributed by atoms with van der Waals surface area (Å²) in [5.74, 6) is 0. The van der Waals surface area contributed by atoms with Gasteiger partial charge in [-0.3, -0.25) is 0 Å². The molecule has 4 N–H and O–H groups in total. The van der Waals surface area contributed by atoms with Crippen molar-refractivity contribution >= 4 is 12.4 Å². The van der Waals surface area contributed by atoms with Crippen LogP contribution in [0.2, 0.25) is 0 Å². The van der Waals surface area contributed by atoms with Gasteiger partial charge in [0.25, 0.3) is 0 Å². The Balaban J connectivity index is 0. The van der Waals surface area contributed by atoms with Crippen LogP contribution in [0.1, 0.15) is 19.3 Å². The predicted molar refractivity (Wildman–Crippen MR) is 50.1 cm³/mol. The van der Waals surface area contributed by atoms with E-state index < -0.39 is 0 Å². The van der Waals surface area contributed by atoms with E-state index in [2.05, 4.69) is 5.32 Å². The smallest absolute Gasteiger partial charge is 0.0431 e. The van der Waals surface area contributed by atoms with Gasteiger partial charge in [-0.1, -0.05) is 0 Å². The second kappa shape index (κ2) is 12.8. The van der Waals surface area contributed by atoms with Gasteiger partial charge in [0.05, 0.1) is 0 Å². The SMILES string of the molecule is Cl.NCCNCCCCCO. The van der Waals surface area contributed by atoms with Gasteiger partial charge in [0.1, 0.15) is 0 Å². The normalized spacial score (nSPS) is 9.27. The maximum Gasteiger partial charge on any atom is 0.0431 e. The molecule has 0 aliphatic rings. The number of aliphatic hydroxyl groups excluding tert-OH is 1. The highest BCUT2D eigenvalue weighted by molar-refractivity contribution is 5.85.